The molecule has 1 atom stereocenters. The van der Waals surface area contributed by atoms with Crippen LogP contribution in [0.25, 0.3) is 0 Å². The lowest BCUT2D eigenvalue weighted by Crippen LogP contribution is -2.52. The molecule has 0 bridgehead atoms. The van der Waals surface area contributed by atoms with E-state index < -0.39 is 6.04 Å². The number of carbonyl (C=O) groups is 2. The zero-order valence-corrected chi connectivity index (χ0v) is 21.5. The van der Waals surface area contributed by atoms with Gasteiger partial charge in [-0.05, 0) is 48.1 Å². The predicted octanol–water partition coefficient (Wildman–Crippen LogP) is 6.36. The topological polar surface area (TPSA) is 49.4 Å². The summed E-state index contributed by atoms with van der Waals surface area (Å²) in [6.45, 7) is 0.337. The molecule has 188 valence electrons. The van der Waals surface area contributed by atoms with Gasteiger partial charge in [0.15, 0.2) is 0 Å². The summed E-state index contributed by atoms with van der Waals surface area (Å²) >= 11 is 6.27. The Bertz CT molecular complexity index is 1110. The largest absolute Gasteiger partial charge is 0.352 e. The fraction of sp³-hybridized carbons (Fsp3) is 0.355. The van der Waals surface area contributed by atoms with Crippen LogP contribution in [0.2, 0.25) is 5.02 Å². The van der Waals surface area contributed by atoms with Gasteiger partial charge in [0.25, 0.3) is 0 Å². The molecule has 5 heteroatoms. The van der Waals surface area contributed by atoms with Crippen molar-refractivity contribution in [2.75, 3.05) is 0 Å². The van der Waals surface area contributed by atoms with Gasteiger partial charge in [0.05, 0.1) is 0 Å². The second-order valence-electron chi connectivity index (χ2n) is 9.69. The predicted molar refractivity (Wildman–Crippen MR) is 146 cm³/mol. The third-order valence-electron chi connectivity index (χ3n) is 6.93. The molecule has 4 rings (SSSR count). The summed E-state index contributed by atoms with van der Waals surface area (Å²) in [4.78, 5) is 29.3. The molecular weight excluding hydrogens is 468 g/mol. The zero-order chi connectivity index (χ0) is 25.2. The van der Waals surface area contributed by atoms with Crippen LogP contribution in [0.5, 0.6) is 0 Å². The van der Waals surface area contributed by atoms with Crippen molar-refractivity contribution in [3.05, 3.63) is 107 Å². The Morgan fingerprint density at radius 3 is 2.14 bits per heavy atom. The van der Waals surface area contributed by atoms with E-state index in [9.17, 15) is 9.59 Å². The van der Waals surface area contributed by atoms with E-state index in [2.05, 4.69) is 5.32 Å². The Balaban J connectivity index is 1.60. The number of carbonyl (C=O) groups excluding carboxylic acids is 2. The molecule has 0 saturated heterocycles. The van der Waals surface area contributed by atoms with Gasteiger partial charge in [-0.1, -0.05) is 104 Å². The van der Waals surface area contributed by atoms with Crippen molar-refractivity contribution in [2.24, 2.45) is 0 Å². The summed E-state index contributed by atoms with van der Waals surface area (Å²) in [5, 5.41) is 3.91. The Labute approximate surface area is 219 Å². The van der Waals surface area contributed by atoms with E-state index in [1.165, 1.54) is 6.42 Å². The number of hydrogen-bond acceptors (Lipinski definition) is 2. The summed E-state index contributed by atoms with van der Waals surface area (Å²) in [5.74, 6) is -0.0978. The average Bonchev–Trinajstić information content (AvgIpc) is 2.91. The number of aryl methyl sites for hydroxylation is 1. The Morgan fingerprint density at radius 2 is 1.47 bits per heavy atom. The summed E-state index contributed by atoms with van der Waals surface area (Å²) in [6, 6.07) is 27.1. The van der Waals surface area contributed by atoms with Crippen molar-refractivity contribution in [3.8, 4) is 0 Å². The van der Waals surface area contributed by atoms with Gasteiger partial charge in [0, 0.05) is 30.5 Å². The van der Waals surface area contributed by atoms with E-state index in [1.807, 2.05) is 84.9 Å². The number of benzene rings is 3. The van der Waals surface area contributed by atoms with Crippen molar-refractivity contribution < 1.29 is 9.59 Å². The van der Waals surface area contributed by atoms with Gasteiger partial charge >= 0.3 is 0 Å². The highest BCUT2D eigenvalue weighted by molar-refractivity contribution is 6.30. The molecule has 0 radical (unpaired) electrons. The van der Waals surface area contributed by atoms with Crippen LogP contribution in [0.15, 0.2) is 84.9 Å². The van der Waals surface area contributed by atoms with Gasteiger partial charge in [-0.15, -0.1) is 0 Å². The van der Waals surface area contributed by atoms with Gasteiger partial charge < -0.3 is 10.2 Å². The monoisotopic (exact) mass is 502 g/mol. The maximum Gasteiger partial charge on any atom is 0.243 e. The zero-order valence-electron chi connectivity index (χ0n) is 20.7. The van der Waals surface area contributed by atoms with Crippen molar-refractivity contribution in [3.63, 3.8) is 0 Å². The molecule has 1 saturated carbocycles. The van der Waals surface area contributed by atoms with E-state index in [1.54, 1.807) is 4.90 Å². The summed E-state index contributed by atoms with van der Waals surface area (Å²) in [6.07, 6.45) is 6.93. The smallest absolute Gasteiger partial charge is 0.243 e. The van der Waals surface area contributed by atoms with E-state index in [4.69, 9.17) is 11.6 Å². The van der Waals surface area contributed by atoms with Gasteiger partial charge in [-0.25, -0.2) is 0 Å². The molecule has 1 aliphatic rings. The normalized spacial score (nSPS) is 14.7. The highest BCUT2D eigenvalue weighted by Gasteiger charge is 2.31. The Hall–Kier alpha value is -3.11. The Morgan fingerprint density at radius 1 is 0.833 bits per heavy atom. The van der Waals surface area contributed by atoms with Crippen molar-refractivity contribution in [2.45, 2.75) is 70.0 Å². The molecule has 1 N–H and O–H groups in total. The van der Waals surface area contributed by atoms with Crippen molar-refractivity contribution in [1.29, 1.82) is 0 Å². The van der Waals surface area contributed by atoms with Crippen LogP contribution in [0.3, 0.4) is 0 Å². The molecular formula is C31H35ClN2O2. The van der Waals surface area contributed by atoms with Crippen LogP contribution < -0.4 is 5.32 Å². The van der Waals surface area contributed by atoms with Crippen LogP contribution in [0.4, 0.5) is 0 Å². The lowest BCUT2D eigenvalue weighted by atomic mass is 9.94. The van der Waals surface area contributed by atoms with E-state index in [-0.39, 0.29) is 17.9 Å². The van der Waals surface area contributed by atoms with Crippen LogP contribution in [0.1, 0.15) is 55.2 Å². The number of nitrogens with zero attached hydrogens (tertiary/aromatic N) is 1. The molecule has 2 amide bonds. The average molecular weight is 503 g/mol. The van der Waals surface area contributed by atoms with Crippen molar-refractivity contribution in [1.82, 2.24) is 10.2 Å². The van der Waals surface area contributed by atoms with Gasteiger partial charge in [-0.2, -0.15) is 0 Å². The third kappa shape index (κ3) is 7.69. The summed E-state index contributed by atoms with van der Waals surface area (Å²) in [5.41, 5.74) is 3.06. The van der Waals surface area contributed by atoms with E-state index in [0.29, 0.717) is 30.8 Å². The molecule has 0 aromatic heterocycles. The second kappa shape index (κ2) is 13.3. The van der Waals surface area contributed by atoms with Gasteiger partial charge in [0.1, 0.15) is 6.04 Å². The van der Waals surface area contributed by atoms with Crippen molar-refractivity contribution >= 4 is 23.4 Å². The van der Waals surface area contributed by atoms with Crippen LogP contribution in [-0.4, -0.2) is 28.8 Å². The Kier molecular flexibility index (Phi) is 9.57. The third-order valence-corrected chi connectivity index (χ3v) is 7.17. The first-order valence-corrected chi connectivity index (χ1v) is 13.4. The fourth-order valence-corrected chi connectivity index (χ4v) is 5.18. The minimum Gasteiger partial charge on any atom is -0.352 e. The number of amides is 2. The molecule has 36 heavy (non-hydrogen) atoms. The highest BCUT2D eigenvalue weighted by Crippen LogP contribution is 2.21. The fourth-order valence-electron chi connectivity index (χ4n) is 4.97. The van der Waals surface area contributed by atoms with Crippen LogP contribution in [0, 0.1) is 0 Å². The van der Waals surface area contributed by atoms with E-state index >= 15 is 0 Å². The van der Waals surface area contributed by atoms with Crippen LogP contribution >= 0.6 is 11.6 Å². The summed E-state index contributed by atoms with van der Waals surface area (Å²) < 4.78 is 0. The highest BCUT2D eigenvalue weighted by atomic mass is 35.5. The molecule has 3 aromatic carbocycles. The maximum absolute atomic E-state index is 13.8. The maximum atomic E-state index is 13.8. The number of rotatable bonds is 10. The molecule has 1 unspecified atom stereocenters. The SMILES string of the molecule is O=C(NC1CCCCC1)C(Cc1ccccc1)N(Cc1cccc(Cl)c1)C(=O)CCc1ccccc1. The summed E-state index contributed by atoms with van der Waals surface area (Å²) in [7, 11) is 0. The molecule has 0 aliphatic heterocycles. The molecule has 1 fully saturated rings. The molecule has 0 spiro atoms. The van der Waals surface area contributed by atoms with Gasteiger partial charge in [-0.3, -0.25) is 9.59 Å². The minimum atomic E-state index is -0.600. The van der Waals surface area contributed by atoms with E-state index in [0.717, 1.165) is 42.4 Å². The standard InChI is InChI=1S/C31H35ClN2O2/c32-27-16-10-15-26(21-27)23-34(30(35)20-19-24-11-4-1-5-12-24)29(22-25-13-6-2-7-14-25)31(36)33-28-17-8-3-9-18-28/h1-2,4-7,10-16,21,28-29H,3,8-9,17-20,22-23H2,(H,33,36). The minimum absolute atomic E-state index is 0.0291. The molecule has 4 nitrogen and oxygen atoms in total. The quantitative estimate of drug-likeness (QED) is 0.350. The number of halogens is 1. The van der Waals surface area contributed by atoms with Crippen LogP contribution in [-0.2, 0) is 29.0 Å². The number of nitrogens with one attached hydrogen (secondary N) is 1. The van der Waals surface area contributed by atoms with Gasteiger partial charge in [0.2, 0.25) is 11.8 Å². The molecule has 3 aromatic rings. The molecule has 0 heterocycles. The first-order chi connectivity index (χ1) is 17.6. The lowest BCUT2D eigenvalue weighted by molar-refractivity contribution is -0.141. The first kappa shape index (κ1) is 26.0. The number of hydrogen-bond donors (Lipinski definition) is 1. The lowest BCUT2D eigenvalue weighted by Gasteiger charge is -2.33. The second-order valence-corrected chi connectivity index (χ2v) is 10.1. The first-order valence-electron chi connectivity index (χ1n) is 13.0. The molecule has 1 aliphatic carbocycles.